The topological polar surface area (TPSA) is 71.2 Å². The molecule has 5 nitrogen and oxygen atoms in total. The molecule has 0 bridgehead atoms. The number of amides is 1. The molecule has 34 heavy (non-hydrogen) atoms. The van der Waals surface area contributed by atoms with E-state index in [1.165, 1.54) is 6.07 Å². The van der Waals surface area contributed by atoms with E-state index in [9.17, 15) is 18.0 Å². The summed E-state index contributed by atoms with van der Waals surface area (Å²) in [6.07, 6.45) is -2.75. The van der Waals surface area contributed by atoms with Gasteiger partial charge in [-0.2, -0.15) is 13.2 Å². The van der Waals surface area contributed by atoms with Crippen LogP contribution in [0.2, 0.25) is 5.02 Å². The molecule has 1 saturated heterocycles. The molecule has 1 unspecified atom stereocenters. The first-order valence-electron chi connectivity index (χ1n) is 11.7. The van der Waals surface area contributed by atoms with Gasteiger partial charge in [-0.1, -0.05) is 50.6 Å². The van der Waals surface area contributed by atoms with E-state index in [1.807, 2.05) is 18.7 Å². The zero-order chi connectivity index (χ0) is 25.5. The number of hydrogen-bond donors (Lipinski definition) is 2. The second kappa shape index (κ2) is 12.4. The molecule has 1 amide bonds. The van der Waals surface area contributed by atoms with E-state index in [0.29, 0.717) is 36.1 Å². The summed E-state index contributed by atoms with van der Waals surface area (Å²) in [5.74, 6) is 0.0780. The van der Waals surface area contributed by atoms with Crippen LogP contribution >= 0.6 is 11.6 Å². The molecule has 3 rings (SSSR count). The van der Waals surface area contributed by atoms with Gasteiger partial charge in [-0.3, -0.25) is 4.79 Å². The Morgan fingerprint density at radius 3 is 2.38 bits per heavy atom. The molecule has 1 aromatic heterocycles. The van der Waals surface area contributed by atoms with Crippen LogP contribution < -0.4 is 16.0 Å². The zero-order valence-electron chi connectivity index (χ0n) is 20.2. The number of aromatic nitrogens is 1. The van der Waals surface area contributed by atoms with Crippen molar-refractivity contribution in [2.75, 3.05) is 18.0 Å². The highest BCUT2D eigenvalue weighted by atomic mass is 35.5. The van der Waals surface area contributed by atoms with E-state index in [1.54, 1.807) is 25.1 Å². The summed E-state index contributed by atoms with van der Waals surface area (Å²) in [6, 6.07) is 7.68. The predicted octanol–water partition coefficient (Wildman–Crippen LogP) is 5.89. The number of nitrogens with two attached hydrogens (primary N) is 1. The number of piperidine rings is 1. The maximum Gasteiger partial charge on any atom is 0.433 e. The molecule has 2 aromatic rings. The lowest BCUT2D eigenvalue weighted by Crippen LogP contribution is -2.35. The number of alkyl halides is 3. The Balaban J connectivity index is 0.00000199. The van der Waals surface area contributed by atoms with Gasteiger partial charge in [0.25, 0.3) is 0 Å². The highest BCUT2D eigenvalue weighted by molar-refractivity contribution is 6.31. The van der Waals surface area contributed by atoms with Crippen molar-refractivity contribution >= 4 is 23.3 Å². The summed E-state index contributed by atoms with van der Waals surface area (Å²) < 4.78 is 39.8. The predicted molar refractivity (Wildman–Crippen MR) is 131 cm³/mol. The summed E-state index contributed by atoms with van der Waals surface area (Å²) >= 11 is 6.20. The van der Waals surface area contributed by atoms with E-state index < -0.39 is 17.8 Å². The highest BCUT2D eigenvalue weighted by Gasteiger charge is 2.34. The van der Waals surface area contributed by atoms with Crippen molar-refractivity contribution in [3.05, 3.63) is 57.7 Å². The summed E-state index contributed by atoms with van der Waals surface area (Å²) in [5, 5.41) is 3.34. The number of benzene rings is 1. The molecule has 3 N–H and O–H groups in total. The Morgan fingerprint density at radius 2 is 1.82 bits per heavy atom. The molecular formula is C25H34ClF3N4O. The van der Waals surface area contributed by atoms with Gasteiger partial charge < -0.3 is 16.0 Å². The minimum absolute atomic E-state index is 0.0876. The van der Waals surface area contributed by atoms with Gasteiger partial charge in [0, 0.05) is 36.8 Å². The quantitative estimate of drug-likeness (QED) is 0.520. The molecule has 0 saturated carbocycles. The lowest BCUT2D eigenvalue weighted by molar-refractivity contribution is -0.141. The van der Waals surface area contributed by atoms with Crippen molar-refractivity contribution in [1.29, 1.82) is 0 Å². The van der Waals surface area contributed by atoms with Crippen molar-refractivity contribution in [2.45, 2.75) is 65.7 Å². The average molecular weight is 499 g/mol. The molecule has 2 heterocycles. The number of nitrogens with one attached hydrogen (secondary N) is 1. The average Bonchev–Trinajstić information content (AvgIpc) is 2.83. The molecule has 1 atom stereocenters. The number of pyridine rings is 1. The summed E-state index contributed by atoms with van der Waals surface area (Å²) in [6.45, 7) is 9.55. The monoisotopic (exact) mass is 498 g/mol. The Bertz CT molecular complexity index is 960. The van der Waals surface area contributed by atoms with Crippen LogP contribution in [0.3, 0.4) is 0 Å². The van der Waals surface area contributed by atoms with Gasteiger partial charge in [0.2, 0.25) is 5.91 Å². The third-order valence-electron chi connectivity index (χ3n) is 5.97. The van der Waals surface area contributed by atoms with Gasteiger partial charge in [0.05, 0.1) is 5.92 Å². The first-order valence-corrected chi connectivity index (χ1v) is 12.1. The van der Waals surface area contributed by atoms with E-state index in [2.05, 4.69) is 17.2 Å². The van der Waals surface area contributed by atoms with Crippen LogP contribution in [-0.4, -0.2) is 24.0 Å². The van der Waals surface area contributed by atoms with E-state index in [0.717, 1.165) is 30.0 Å². The van der Waals surface area contributed by atoms with Gasteiger partial charge >= 0.3 is 6.18 Å². The molecule has 188 valence electrons. The van der Waals surface area contributed by atoms with Crippen molar-refractivity contribution in [3.8, 4) is 0 Å². The second-order valence-electron chi connectivity index (χ2n) is 8.34. The van der Waals surface area contributed by atoms with E-state index in [-0.39, 0.29) is 18.3 Å². The molecule has 1 aromatic carbocycles. The zero-order valence-corrected chi connectivity index (χ0v) is 20.9. The minimum atomic E-state index is -4.52. The van der Waals surface area contributed by atoms with Gasteiger partial charge in [0.1, 0.15) is 11.5 Å². The van der Waals surface area contributed by atoms with Crippen LogP contribution in [0.4, 0.5) is 19.0 Å². The smallest absolute Gasteiger partial charge is 0.356 e. The number of halogens is 4. The maximum atomic E-state index is 13.3. The number of rotatable bonds is 6. The standard InChI is InChI=1S/C23H28ClF3N4O.C2H6/c1-14-7-9-31(10-8-14)21-18(5-6-20(30-21)23(25,26)27)13-29-22(32)15(2)16-3-4-17(12-28)19(24)11-16;1-2/h3-6,11,14-15H,7-10,12-13,28H2,1-2H3,(H,29,32);1-2H3. The SMILES string of the molecule is CC.CC1CCN(c2nc(C(F)(F)F)ccc2CNC(=O)C(C)c2ccc(CN)c(Cl)c2)CC1. The number of hydrogen-bond acceptors (Lipinski definition) is 4. The van der Waals surface area contributed by atoms with Gasteiger partial charge in [0.15, 0.2) is 0 Å². The molecule has 9 heteroatoms. The molecule has 0 radical (unpaired) electrons. The molecule has 1 aliphatic heterocycles. The highest BCUT2D eigenvalue weighted by Crippen LogP contribution is 2.32. The van der Waals surface area contributed by atoms with Gasteiger partial charge in [-0.05, 0) is 48.9 Å². The van der Waals surface area contributed by atoms with Crippen LogP contribution in [0.15, 0.2) is 30.3 Å². The van der Waals surface area contributed by atoms with Crippen LogP contribution in [0, 0.1) is 5.92 Å². The Labute approximate surface area is 204 Å². The number of carbonyl (C=O) groups is 1. The van der Waals surface area contributed by atoms with Crippen molar-refractivity contribution in [1.82, 2.24) is 10.3 Å². The molecule has 1 fully saturated rings. The fourth-order valence-corrected chi connectivity index (χ4v) is 4.02. The van der Waals surface area contributed by atoms with Crippen LogP contribution in [0.1, 0.15) is 68.8 Å². The molecule has 0 aliphatic carbocycles. The number of carbonyl (C=O) groups excluding carboxylic acids is 1. The van der Waals surface area contributed by atoms with E-state index in [4.69, 9.17) is 17.3 Å². The Kier molecular flexibility index (Phi) is 10.2. The summed E-state index contributed by atoms with van der Waals surface area (Å²) in [5.41, 5.74) is 6.79. The maximum absolute atomic E-state index is 13.3. The van der Waals surface area contributed by atoms with E-state index >= 15 is 0 Å². The third-order valence-corrected chi connectivity index (χ3v) is 6.32. The number of anilines is 1. The first-order chi connectivity index (χ1) is 16.1. The lowest BCUT2D eigenvalue weighted by Gasteiger charge is -2.33. The molecule has 0 spiro atoms. The van der Waals surface area contributed by atoms with Crippen molar-refractivity contribution in [3.63, 3.8) is 0 Å². The fraction of sp³-hybridized carbons (Fsp3) is 0.520. The van der Waals surface area contributed by atoms with Gasteiger partial charge in [-0.25, -0.2) is 4.98 Å². The normalized spacial score (nSPS) is 15.4. The van der Waals surface area contributed by atoms with Gasteiger partial charge in [-0.15, -0.1) is 0 Å². The summed E-state index contributed by atoms with van der Waals surface area (Å²) in [4.78, 5) is 18.6. The Hall–Kier alpha value is -2.32. The Morgan fingerprint density at radius 1 is 1.21 bits per heavy atom. The molecule has 1 aliphatic rings. The minimum Gasteiger partial charge on any atom is -0.356 e. The van der Waals surface area contributed by atoms with Crippen LogP contribution in [-0.2, 0) is 24.1 Å². The fourth-order valence-electron chi connectivity index (χ4n) is 3.75. The first kappa shape index (κ1) is 27.9. The van der Waals surface area contributed by atoms with Crippen LogP contribution in [0.25, 0.3) is 0 Å². The third kappa shape index (κ3) is 7.09. The van der Waals surface area contributed by atoms with Crippen molar-refractivity contribution in [2.24, 2.45) is 11.7 Å². The second-order valence-corrected chi connectivity index (χ2v) is 8.75. The van der Waals surface area contributed by atoms with Crippen LogP contribution in [0.5, 0.6) is 0 Å². The summed E-state index contributed by atoms with van der Waals surface area (Å²) in [7, 11) is 0. The molecular weight excluding hydrogens is 465 g/mol. The lowest BCUT2D eigenvalue weighted by atomic mass is 9.98. The number of nitrogens with zero attached hydrogens (tertiary/aromatic N) is 2. The largest absolute Gasteiger partial charge is 0.433 e. The van der Waals surface area contributed by atoms with Crippen molar-refractivity contribution < 1.29 is 18.0 Å².